The molecule has 0 rings (SSSR count). The van der Waals surface area contributed by atoms with Crippen LogP contribution in [0.25, 0.3) is 0 Å². The van der Waals surface area contributed by atoms with E-state index in [0.717, 1.165) is 0 Å². The van der Waals surface area contributed by atoms with Gasteiger partial charge in [-0.05, 0) is 27.7 Å². The van der Waals surface area contributed by atoms with E-state index in [9.17, 15) is 0 Å². The van der Waals surface area contributed by atoms with Crippen molar-refractivity contribution < 1.29 is 10.2 Å². The van der Waals surface area contributed by atoms with Gasteiger partial charge >= 0.3 is 0 Å². The number of aliphatic hydroxyl groups excluding tert-OH is 2. The van der Waals surface area contributed by atoms with Gasteiger partial charge in [-0.1, -0.05) is 11.1 Å². The summed E-state index contributed by atoms with van der Waals surface area (Å²) in [6.45, 7) is 8.23. The predicted molar refractivity (Wildman–Crippen MR) is 43.9 cm³/mol. The smallest absolute Gasteiger partial charge is 0.0662 e. The average molecular weight is 146 g/mol. The molecule has 0 spiro atoms. The first-order chi connectivity index (χ1) is 4.56. The van der Waals surface area contributed by atoms with E-state index in [1.54, 1.807) is 0 Å². The van der Waals surface area contributed by atoms with E-state index >= 15 is 0 Å². The molecule has 0 radical (unpaired) electrons. The van der Waals surface area contributed by atoms with E-state index in [1.165, 1.54) is 11.1 Å². The third kappa shape index (κ3) is 15.6. The lowest BCUT2D eigenvalue weighted by atomic mass is 10.2. The molecule has 0 aliphatic heterocycles. The molecule has 0 aliphatic rings. The van der Waals surface area contributed by atoms with Gasteiger partial charge in [0.25, 0.3) is 0 Å². The molecule has 2 nitrogen and oxygen atoms in total. The number of rotatable bonds is 1. The van der Waals surface area contributed by atoms with E-state index in [-0.39, 0.29) is 13.2 Å². The summed E-state index contributed by atoms with van der Waals surface area (Å²) in [5.74, 6) is 0. The standard InChI is InChI=1S/C6H12.C2H6O2/c1-5(2)6(3)4;3-1-2-4/h1-4H3;3-4H,1-2H2. The average Bonchev–Trinajstić information content (AvgIpc) is 1.89. The van der Waals surface area contributed by atoms with Crippen molar-refractivity contribution in [1.29, 1.82) is 0 Å². The van der Waals surface area contributed by atoms with Crippen molar-refractivity contribution >= 4 is 0 Å². The Kier molecular flexibility index (Phi) is 10.7. The van der Waals surface area contributed by atoms with Crippen LogP contribution in [-0.4, -0.2) is 23.4 Å². The van der Waals surface area contributed by atoms with Gasteiger partial charge in [-0.25, -0.2) is 0 Å². The van der Waals surface area contributed by atoms with Crippen LogP contribution in [-0.2, 0) is 0 Å². The zero-order chi connectivity index (χ0) is 8.57. The first-order valence-electron chi connectivity index (χ1n) is 3.38. The molecule has 0 heterocycles. The van der Waals surface area contributed by atoms with Gasteiger partial charge in [-0.2, -0.15) is 0 Å². The lowest BCUT2D eigenvalue weighted by molar-refractivity contribution is 0.186. The molecule has 0 aromatic carbocycles. The normalized spacial score (nSPS) is 7.80. The Morgan fingerprint density at radius 1 is 0.800 bits per heavy atom. The number of allylic oxidation sites excluding steroid dienone is 2. The van der Waals surface area contributed by atoms with Crippen molar-refractivity contribution in [3.05, 3.63) is 11.1 Å². The molecule has 2 N–H and O–H groups in total. The predicted octanol–water partition coefficient (Wildman–Crippen LogP) is 1.33. The summed E-state index contributed by atoms with van der Waals surface area (Å²) in [5, 5.41) is 15.2. The maximum absolute atomic E-state index is 7.62. The molecule has 0 aromatic rings. The largest absolute Gasteiger partial charge is 0.394 e. The SMILES string of the molecule is CC(C)=C(C)C.OCCO. The van der Waals surface area contributed by atoms with Crippen LogP contribution in [0.1, 0.15) is 27.7 Å². The quantitative estimate of drug-likeness (QED) is 0.548. The molecule has 62 valence electrons. The highest BCUT2D eigenvalue weighted by Gasteiger charge is 1.75. The minimum absolute atomic E-state index is 0.125. The minimum Gasteiger partial charge on any atom is -0.394 e. The van der Waals surface area contributed by atoms with Gasteiger partial charge in [0.2, 0.25) is 0 Å². The summed E-state index contributed by atoms with van der Waals surface area (Å²) in [5.41, 5.74) is 2.85. The summed E-state index contributed by atoms with van der Waals surface area (Å²) in [4.78, 5) is 0. The third-order valence-electron chi connectivity index (χ3n) is 1.10. The molecule has 0 amide bonds. The molecule has 0 aliphatic carbocycles. The topological polar surface area (TPSA) is 40.5 Å². The maximum atomic E-state index is 7.62. The van der Waals surface area contributed by atoms with Gasteiger partial charge in [0.1, 0.15) is 0 Å². The fourth-order valence-corrected chi connectivity index (χ4v) is 0. The molecule has 0 fully saturated rings. The Hall–Kier alpha value is -0.340. The molecular weight excluding hydrogens is 128 g/mol. The van der Waals surface area contributed by atoms with Gasteiger partial charge in [-0.3, -0.25) is 0 Å². The molecule has 0 bridgehead atoms. The molecule has 0 unspecified atom stereocenters. The van der Waals surface area contributed by atoms with Crippen LogP contribution in [0.2, 0.25) is 0 Å². The highest BCUT2D eigenvalue weighted by atomic mass is 16.3. The summed E-state index contributed by atoms with van der Waals surface area (Å²) in [7, 11) is 0. The highest BCUT2D eigenvalue weighted by Crippen LogP contribution is 1.96. The molecule has 10 heavy (non-hydrogen) atoms. The summed E-state index contributed by atoms with van der Waals surface area (Å²) in [6, 6.07) is 0. The molecule has 0 saturated carbocycles. The Bertz CT molecular complexity index is 75.4. The van der Waals surface area contributed by atoms with Crippen LogP contribution in [0, 0.1) is 0 Å². The van der Waals surface area contributed by atoms with Gasteiger partial charge < -0.3 is 10.2 Å². The van der Waals surface area contributed by atoms with Crippen molar-refractivity contribution in [2.24, 2.45) is 0 Å². The number of hydrogen-bond acceptors (Lipinski definition) is 2. The van der Waals surface area contributed by atoms with Crippen LogP contribution in [0.5, 0.6) is 0 Å². The van der Waals surface area contributed by atoms with Crippen molar-refractivity contribution in [3.63, 3.8) is 0 Å². The first-order valence-corrected chi connectivity index (χ1v) is 3.38. The van der Waals surface area contributed by atoms with Gasteiger partial charge in [-0.15, -0.1) is 0 Å². The van der Waals surface area contributed by atoms with Crippen LogP contribution >= 0.6 is 0 Å². The lowest BCUT2D eigenvalue weighted by Crippen LogP contribution is -1.85. The second kappa shape index (κ2) is 8.66. The number of aliphatic hydroxyl groups is 2. The lowest BCUT2D eigenvalue weighted by Gasteiger charge is -1.88. The van der Waals surface area contributed by atoms with Gasteiger partial charge in [0.05, 0.1) is 13.2 Å². The molecule has 0 aromatic heterocycles. The van der Waals surface area contributed by atoms with E-state index < -0.39 is 0 Å². The van der Waals surface area contributed by atoms with Crippen molar-refractivity contribution in [2.45, 2.75) is 27.7 Å². The van der Waals surface area contributed by atoms with Crippen LogP contribution in [0.3, 0.4) is 0 Å². The van der Waals surface area contributed by atoms with Gasteiger partial charge in [0.15, 0.2) is 0 Å². The Morgan fingerprint density at radius 3 is 1.00 bits per heavy atom. The second-order valence-electron chi connectivity index (χ2n) is 2.45. The van der Waals surface area contributed by atoms with Crippen molar-refractivity contribution in [1.82, 2.24) is 0 Å². The third-order valence-corrected chi connectivity index (χ3v) is 1.10. The fourth-order valence-electron chi connectivity index (χ4n) is 0. The summed E-state index contributed by atoms with van der Waals surface area (Å²) in [6.07, 6.45) is 0. The number of hydrogen-bond donors (Lipinski definition) is 2. The summed E-state index contributed by atoms with van der Waals surface area (Å²) >= 11 is 0. The Labute approximate surface area is 63.2 Å². The molecule has 0 saturated heterocycles. The van der Waals surface area contributed by atoms with E-state index in [2.05, 4.69) is 27.7 Å². The van der Waals surface area contributed by atoms with Crippen molar-refractivity contribution in [2.75, 3.05) is 13.2 Å². The van der Waals surface area contributed by atoms with Crippen molar-refractivity contribution in [3.8, 4) is 0 Å². The van der Waals surface area contributed by atoms with E-state index in [0.29, 0.717) is 0 Å². The van der Waals surface area contributed by atoms with Crippen LogP contribution in [0.15, 0.2) is 11.1 Å². The van der Waals surface area contributed by atoms with E-state index in [1.807, 2.05) is 0 Å². The van der Waals surface area contributed by atoms with Crippen LogP contribution in [0.4, 0.5) is 0 Å². The molecule has 2 heteroatoms. The summed E-state index contributed by atoms with van der Waals surface area (Å²) < 4.78 is 0. The molecule has 0 atom stereocenters. The monoisotopic (exact) mass is 146 g/mol. The zero-order valence-electron chi connectivity index (χ0n) is 7.31. The van der Waals surface area contributed by atoms with E-state index in [4.69, 9.17) is 10.2 Å². The fraction of sp³-hybridized carbons (Fsp3) is 0.750. The highest BCUT2D eigenvalue weighted by molar-refractivity contribution is 5.02. The van der Waals surface area contributed by atoms with Crippen LogP contribution < -0.4 is 0 Å². The minimum atomic E-state index is -0.125. The molecular formula is C8H18O2. The van der Waals surface area contributed by atoms with Gasteiger partial charge in [0, 0.05) is 0 Å². The zero-order valence-corrected chi connectivity index (χ0v) is 7.31. The maximum Gasteiger partial charge on any atom is 0.0662 e. The first kappa shape index (κ1) is 12.3. The Balaban J connectivity index is 0. The Morgan fingerprint density at radius 2 is 1.00 bits per heavy atom. The second-order valence-corrected chi connectivity index (χ2v) is 2.45.